The molecule has 12 heteroatoms. The highest BCUT2D eigenvalue weighted by atomic mass is 31.2. The fraction of sp³-hybridized carbons (Fsp3) is 0.667. The van der Waals surface area contributed by atoms with Gasteiger partial charge in [-0.15, -0.1) is 0 Å². The van der Waals surface area contributed by atoms with Crippen LogP contribution >= 0.6 is 7.60 Å². The Balaban J connectivity index is 1.99. The zero-order valence-electron chi connectivity index (χ0n) is 10.9. The molecular formula is C9H16N5O6P. The van der Waals surface area contributed by atoms with E-state index in [1.54, 1.807) is 0 Å². The van der Waals surface area contributed by atoms with Gasteiger partial charge in [0.25, 0.3) is 5.91 Å². The fourth-order valence-corrected chi connectivity index (χ4v) is 2.37. The van der Waals surface area contributed by atoms with Crippen LogP contribution in [-0.2, 0) is 14.1 Å². The Labute approximate surface area is 119 Å². The van der Waals surface area contributed by atoms with Gasteiger partial charge in [-0.1, -0.05) is 0 Å². The van der Waals surface area contributed by atoms with E-state index < -0.39 is 38.9 Å². The molecule has 21 heavy (non-hydrogen) atoms. The van der Waals surface area contributed by atoms with Gasteiger partial charge < -0.3 is 30.3 Å². The van der Waals surface area contributed by atoms with E-state index in [4.69, 9.17) is 20.3 Å². The number of hydrogen-bond acceptors (Lipinski definition) is 8. The smallest absolute Gasteiger partial charge is 0.350 e. The van der Waals surface area contributed by atoms with E-state index in [0.717, 1.165) is 0 Å². The van der Waals surface area contributed by atoms with Crippen molar-refractivity contribution >= 4 is 25.8 Å². The van der Waals surface area contributed by atoms with Crippen molar-refractivity contribution in [1.29, 1.82) is 0 Å². The molecule has 0 saturated carbocycles. The van der Waals surface area contributed by atoms with E-state index in [-0.39, 0.29) is 18.4 Å². The number of carbonyl (C=O) groups excluding carboxylic acids is 1. The maximum atomic E-state index is 11.6. The first-order chi connectivity index (χ1) is 9.80. The van der Waals surface area contributed by atoms with Crippen LogP contribution in [0.2, 0.25) is 0 Å². The lowest BCUT2D eigenvalue weighted by Crippen LogP contribution is -2.54. The van der Waals surface area contributed by atoms with Gasteiger partial charge in [-0.25, -0.2) is 4.99 Å². The summed E-state index contributed by atoms with van der Waals surface area (Å²) in [7, 11) is -4.32. The molecule has 0 aromatic carbocycles. The summed E-state index contributed by atoms with van der Waals surface area (Å²) < 4.78 is 15.7. The largest absolute Gasteiger partial charge is 0.394 e. The molecule has 2 aliphatic rings. The highest BCUT2D eigenvalue weighted by molar-refractivity contribution is 7.51. The molecule has 2 heterocycles. The summed E-state index contributed by atoms with van der Waals surface area (Å²) in [5, 5.41) is 11.5. The molecule has 0 bridgehead atoms. The quantitative estimate of drug-likeness (QED) is 0.322. The third-order valence-electron chi connectivity index (χ3n) is 2.89. The van der Waals surface area contributed by atoms with Crippen molar-refractivity contribution in [2.75, 3.05) is 19.5 Å². The van der Waals surface area contributed by atoms with Crippen LogP contribution in [0.1, 0.15) is 0 Å². The molecule has 0 aliphatic carbocycles. The first-order valence-electron chi connectivity index (χ1n) is 6.00. The van der Waals surface area contributed by atoms with Crippen molar-refractivity contribution in [1.82, 2.24) is 10.2 Å². The lowest BCUT2D eigenvalue weighted by Gasteiger charge is -2.30. The van der Waals surface area contributed by atoms with Crippen LogP contribution in [0.3, 0.4) is 0 Å². The molecular weight excluding hydrogens is 305 g/mol. The number of nitrogens with zero attached hydrogens (tertiary/aromatic N) is 3. The van der Waals surface area contributed by atoms with Crippen molar-refractivity contribution < 1.29 is 29.0 Å². The first-order valence-corrected chi connectivity index (χ1v) is 7.80. The number of aliphatic imine (C=N–C) groups is 2. The molecule has 2 aliphatic heterocycles. The molecule has 0 spiro atoms. The highest BCUT2D eigenvalue weighted by Crippen LogP contribution is 2.34. The molecule has 118 valence electrons. The van der Waals surface area contributed by atoms with Crippen LogP contribution in [0.15, 0.2) is 9.98 Å². The Morgan fingerprint density at radius 3 is 2.90 bits per heavy atom. The van der Waals surface area contributed by atoms with Gasteiger partial charge in [0.15, 0.2) is 18.2 Å². The number of nitrogens with one attached hydrogen (secondary N) is 1. The number of aliphatic hydroxyl groups excluding tert-OH is 1. The van der Waals surface area contributed by atoms with Crippen LogP contribution in [0.25, 0.3) is 0 Å². The van der Waals surface area contributed by atoms with Crippen LogP contribution < -0.4 is 11.1 Å². The summed E-state index contributed by atoms with van der Waals surface area (Å²) in [6.07, 6.45) is -0.931. The zero-order chi connectivity index (χ0) is 15.6. The zero-order valence-corrected chi connectivity index (χ0v) is 11.8. The van der Waals surface area contributed by atoms with Gasteiger partial charge in [0, 0.05) is 6.54 Å². The number of nitrogens with two attached hydrogens (primary N) is 1. The molecule has 0 radical (unpaired) electrons. The molecule has 0 aromatic heterocycles. The monoisotopic (exact) mass is 321 g/mol. The summed E-state index contributed by atoms with van der Waals surface area (Å²) in [6.45, 7) is -0.391. The standard InChI is InChI=1S/C9H16N5O6P/c10-9-12-7-6(8(16)13-9)11-3-14(7)1-5(2-15)20-4-21(17,18)19/h3,5-7,15H,1-2,4H2,(H2,17,18,19)(H3,10,12,13,16)/t5-,6?,7?/m1/s1. The molecule has 1 amide bonds. The number of hydrogen-bond donors (Lipinski definition) is 5. The Hall–Kier alpha value is -1.52. The van der Waals surface area contributed by atoms with Gasteiger partial charge in [0.1, 0.15) is 6.35 Å². The van der Waals surface area contributed by atoms with E-state index in [9.17, 15) is 14.5 Å². The van der Waals surface area contributed by atoms with Gasteiger partial charge in [-0.3, -0.25) is 19.7 Å². The Kier molecular flexibility index (Phi) is 4.59. The second kappa shape index (κ2) is 6.08. The van der Waals surface area contributed by atoms with Crippen LogP contribution in [-0.4, -0.2) is 75.8 Å². The second-order valence-corrected chi connectivity index (χ2v) is 6.18. The van der Waals surface area contributed by atoms with E-state index in [2.05, 4.69) is 15.3 Å². The minimum atomic E-state index is -4.32. The molecule has 11 nitrogen and oxygen atoms in total. The molecule has 3 atom stereocenters. The minimum Gasteiger partial charge on any atom is -0.394 e. The number of ether oxygens (including phenoxy) is 1. The van der Waals surface area contributed by atoms with Crippen molar-refractivity contribution in [3.8, 4) is 0 Å². The van der Waals surface area contributed by atoms with Gasteiger partial charge >= 0.3 is 7.60 Å². The molecule has 2 unspecified atom stereocenters. The van der Waals surface area contributed by atoms with Crippen molar-refractivity contribution in [2.45, 2.75) is 18.3 Å². The molecule has 0 saturated heterocycles. The van der Waals surface area contributed by atoms with Crippen molar-refractivity contribution in [3.05, 3.63) is 0 Å². The molecule has 0 aromatic rings. The van der Waals surface area contributed by atoms with Gasteiger partial charge in [0.05, 0.1) is 19.0 Å². The van der Waals surface area contributed by atoms with E-state index in [0.29, 0.717) is 0 Å². The van der Waals surface area contributed by atoms with Crippen molar-refractivity contribution in [3.63, 3.8) is 0 Å². The molecule has 0 fully saturated rings. The highest BCUT2D eigenvalue weighted by Gasteiger charge is 2.40. The summed E-state index contributed by atoms with van der Waals surface area (Å²) >= 11 is 0. The van der Waals surface area contributed by atoms with Gasteiger partial charge in [0.2, 0.25) is 0 Å². The van der Waals surface area contributed by atoms with E-state index in [1.165, 1.54) is 11.2 Å². The van der Waals surface area contributed by atoms with Gasteiger partial charge in [-0.05, 0) is 0 Å². The maximum absolute atomic E-state index is 11.6. The third kappa shape index (κ3) is 3.99. The van der Waals surface area contributed by atoms with Crippen molar-refractivity contribution in [2.24, 2.45) is 15.7 Å². The van der Waals surface area contributed by atoms with Gasteiger partial charge in [-0.2, -0.15) is 0 Å². The Bertz CT molecular complexity index is 519. The predicted octanol–water partition coefficient (Wildman–Crippen LogP) is -3.02. The Morgan fingerprint density at radius 2 is 2.29 bits per heavy atom. The summed E-state index contributed by atoms with van der Waals surface area (Å²) in [4.78, 5) is 38.7. The number of carbonyl (C=O) groups is 1. The number of guanidine groups is 1. The lowest BCUT2D eigenvalue weighted by atomic mass is 10.2. The first kappa shape index (κ1) is 15.9. The van der Waals surface area contributed by atoms with Crippen LogP contribution in [0.5, 0.6) is 0 Å². The third-order valence-corrected chi connectivity index (χ3v) is 3.37. The van der Waals surface area contributed by atoms with Crippen LogP contribution in [0, 0.1) is 0 Å². The molecule has 6 N–H and O–H groups in total. The second-order valence-electron chi connectivity index (χ2n) is 4.59. The average Bonchev–Trinajstić information content (AvgIpc) is 2.76. The summed E-state index contributed by atoms with van der Waals surface area (Å²) in [5.41, 5.74) is 5.47. The lowest BCUT2D eigenvalue weighted by molar-refractivity contribution is -0.122. The Morgan fingerprint density at radius 1 is 1.57 bits per heavy atom. The van der Waals surface area contributed by atoms with E-state index in [1.807, 2.05) is 0 Å². The predicted molar refractivity (Wildman–Crippen MR) is 71.4 cm³/mol. The summed E-state index contributed by atoms with van der Waals surface area (Å²) in [6, 6.07) is -0.738. The number of fused-ring (bicyclic) bond motifs is 1. The minimum absolute atomic E-state index is 0.0339. The SMILES string of the molecule is NC1=NC2C(N=CN2C[C@H](CO)OCP(=O)(O)O)C(=O)N1. The molecule has 2 rings (SSSR count). The summed E-state index contributed by atoms with van der Waals surface area (Å²) in [5.74, 6) is -0.420. The fourth-order valence-electron chi connectivity index (χ4n) is 1.96. The maximum Gasteiger partial charge on any atom is 0.350 e. The normalized spacial score (nSPS) is 26.3. The van der Waals surface area contributed by atoms with Crippen LogP contribution in [0.4, 0.5) is 0 Å². The average molecular weight is 321 g/mol. The number of aliphatic hydroxyl groups is 1. The topological polar surface area (TPSA) is 170 Å². The van der Waals surface area contributed by atoms with E-state index >= 15 is 0 Å². The number of amides is 1. The number of rotatable bonds is 6.